The number of thiocarbonyl (C=S) groups is 1. The standard InChI is InChI=1S/C14H19N3OS/c1-10-8-14(9-10,12(15)19)13(18)17-7-4-11-2-5-16-6-3-11/h2-3,5-6,10H,4,7-9H2,1H3,(H2,15,19)(H,17,18). The molecule has 19 heavy (non-hydrogen) atoms. The average Bonchev–Trinajstić information content (AvgIpc) is 2.35. The minimum atomic E-state index is -0.604. The molecule has 0 radical (unpaired) electrons. The molecule has 0 atom stereocenters. The van der Waals surface area contributed by atoms with Crippen molar-refractivity contribution in [3.8, 4) is 0 Å². The van der Waals surface area contributed by atoms with Crippen molar-refractivity contribution in [2.75, 3.05) is 6.54 Å². The molecule has 1 aromatic rings. The molecule has 0 spiro atoms. The van der Waals surface area contributed by atoms with Gasteiger partial charge < -0.3 is 11.1 Å². The van der Waals surface area contributed by atoms with Crippen LogP contribution in [0.15, 0.2) is 24.5 Å². The first-order chi connectivity index (χ1) is 9.04. The van der Waals surface area contributed by atoms with Crippen LogP contribution < -0.4 is 11.1 Å². The summed E-state index contributed by atoms with van der Waals surface area (Å²) in [5.74, 6) is 0.500. The van der Waals surface area contributed by atoms with Gasteiger partial charge in [-0.15, -0.1) is 0 Å². The summed E-state index contributed by atoms with van der Waals surface area (Å²) >= 11 is 5.06. The van der Waals surface area contributed by atoms with Crippen LogP contribution in [0.5, 0.6) is 0 Å². The Labute approximate surface area is 118 Å². The number of nitrogens with zero attached hydrogens (tertiary/aromatic N) is 1. The number of nitrogens with two attached hydrogens (primary N) is 1. The smallest absolute Gasteiger partial charge is 0.233 e. The number of hydrogen-bond donors (Lipinski definition) is 2. The summed E-state index contributed by atoms with van der Waals surface area (Å²) in [7, 11) is 0. The van der Waals surface area contributed by atoms with Gasteiger partial charge in [-0.05, 0) is 42.9 Å². The molecule has 1 aliphatic rings. The van der Waals surface area contributed by atoms with Crippen LogP contribution >= 0.6 is 12.2 Å². The molecule has 2 rings (SSSR count). The normalized spacial score (nSPS) is 25.4. The fourth-order valence-electron chi connectivity index (χ4n) is 2.67. The lowest BCUT2D eigenvalue weighted by molar-refractivity contribution is -0.132. The minimum Gasteiger partial charge on any atom is -0.392 e. The van der Waals surface area contributed by atoms with Gasteiger partial charge in [0.15, 0.2) is 0 Å². The molecule has 1 aromatic heterocycles. The molecule has 1 fully saturated rings. The summed E-state index contributed by atoms with van der Waals surface area (Å²) in [5.41, 5.74) is 6.29. The van der Waals surface area contributed by atoms with E-state index in [4.69, 9.17) is 18.0 Å². The first kappa shape index (κ1) is 13.9. The molecule has 4 nitrogen and oxygen atoms in total. The van der Waals surface area contributed by atoms with Crippen LogP contribution in [0.25, 0.3) is 0 Å². The van der Waals surface area contributed by atoms with Crippen LogP contribution in [0.4, 0.5) is 0 Å². The zero-order valence-corrected chi connectivity index (χ0v) is 11.9. The van der Waals surface area contributed by atoms with Crippen LogP contribution in [0.3, 0.4) is 0 Å². The second-order valence-corrected chi connectivity index (χ2v) is 5.76. The van der Waals surface area contributed by atoms with Gasteiger partial charge in [0, 0.05) is 18.9 Å². The molecule has 1 amide bonds. The number of hydrogen-bond acceptors (Lipinski definition) is 3. The third-order valence-electron chi connectivity index (χ3n) is 3.75. The van der Waals surface area contributed by atoms with E-state index in [-0.39, 0.29) is 5.91 Å². The van der Waals surface area contributed by atoms with Crippen molar-refractivity contribution in [1.82, 2.24) is 10.3 Å². The lowest BCUT2D eigenvalue weighted by atomic mass is 9.62. The number of carbonyl (C=O) groups is 1. The predicted octanol–water partition coefficient (Wildman–Crippen LogP) is 1.44. The summed E-state index contributed by atoms with van der Waals surface area (Å²) in [4.78, 5) is 16.5. The molecule has 102 valence electrons. The first-order valence-electron chi connectivity index (χ1n) is 6.52. The summed E-state index contributed by atoms with van der Waals surface area (Å²) in [6.45, 7) is 2.71. The Morgan fingerprint density at radius 2 is 2.16 bits per heavy atom. The molecular formula is C14H19N3OS. The molecule has 5 heteroatoms. The number of aromatic nitrogens is 1. The SMILES string of the molecule is CC1CC(C(=O)NCCc2ccncc2)(C(N)=S)C1. The van der Waals surface area contributed by atoms with Crippen molar-refractivity contribution in [1.29, 1.82) is 0 Å². The van der Waals surface area contributed by atoms with Crippen LogP contribution in [-0.4, -0.2) is 22.4 Å². The van der Waals surface area contributed by atoms with Gasteiger partial charge in [0.1, 0.15) is 0 Å². The van der Waals surface area contributed by atoms with E-state index >= 15 is 0 Å². The lowest BCUT2D eigenvalue weighted by Gasteiger charge is -2.44. The zero-order valence-electron chi connectivity index (χ0n) is 11.1. The molecule has 0 bridgehead atoms. The van der Waals surface area contributed by atoms with Crippen LogP contribution in [0.1, 0.15) is 25.3 Å². The molecule has 1 heterocycles. The van der Waals surface area contributed by atoms with E-state index in [0.29, 0.717) is 17.5 Å². The molecule has 0 unspecified atom stereocenters. The Hall–Kier alpha value is -1.49. The van der Waals surface area contributed by atoms with E-state index in [1.165, 1.54) is 0 Å². The zero-order chi connectivity index (χ0) is 13.9. The second-order valence-electron chi connectivity index (χ2n) is 5.32. The highest BCUT2D eigenvalue weighted by molar-refractivity contribution is 7.80. The van der Waals surface area contributed by atoms with Gasteiger partial charge in [0.25, 0.3) is 0 Å². The predicted molar refractivity (Wildman–Crippen MR) is 78.6 cm³/mol. The monoisotopic (exact) mass is 277 g/mol. The number of pyridine rings is 1. The van der Waals surface area contributed by atoms with Gasteiger partial charge in [-0.3, -0.25) is 9.78 Å². The van der Waals surface area contributed by atoms with Gasteiger partial charge in [-0.25, -0.2) is 0 Å². The fraction of sp³-hybridized carbons (Fsp3) is 0.500. The van der Waals surface area contributed by atoms with E-state index in [9.17, 15) is 4.79 Å². The van der Waals surface area contributed by atoms with Gasteiger partial charge in [-0.2, -0.15) is 0 Å². The molecule has 1 aliphatic carbocycles. The van der Waals surface area contributed by atoms with E-state index in [2.05, 4.69) is 17.2 Å². The molecule has 1 saturated carbocycles. The molecule has 0 saturated heterocycles. The largest absolute Gasteiger partial charge is 0.392 e. The maximum atomic E-state index is 12.2. The third kappa shape index (κ3) is 2.92. The molecule has 3 N–H and O–H groups in total. The van der Waals surface area contributed by atoms with Crippen molar-refractivity contribution in [2.45, 2.75) is 26.2 Å². The highest BCUT2D eigenvalue weighted by Crippen LogP contribution is 2.45. The van der Waals surface area contributed by atoms with Crippen molar-refractivity contribution in [3.05, 3.63) is 30.1 Å². The average molecular weight is 277 g/mol. The number of nitrogens with one attached hydrogen (secondary N) is 1. The molecule has 0 aromatic carbocycles. The summed E-state index contributed by atoms with van der Waals surface area (Å²) < 4.78 is 0. The topological polar surface area (TPSA) is 68.0 Å². The Morgan fingerprint density at radius 1 is 1.53 bits per heavy atom. The maximum Gasteiger partial charge on any atom is 0.233 e. The summed E-state index contributed by atoms with van der Waals surface area (Å²) in [6.07, 6.45) is 5.83. The minimum absolute atomic E-state index is 0.0212. The van der Waals surface area contributed by atoms with Crippen LogP contribution in [0.2, 0.25) is 0 Å². The van der Waals surface area contributed by atoms with Crippen molar-refractivity contribution in [2.24, 2.45) is 17.1 Å². The van der Waals surface area contributed by atoms with Crippen molar-refractivity contribution < 1.29 is 4.79 Å². The Bertz CT molecular complexity index is 469. The van der Waals surface area contributed by atoms with Crippen LogP contribution in [0, 0.1) is 11.3 Å². The van der Waals surface area contributed by atoms with E-state index in [1.54, 1.807) is 12.4 Å². The second kappa shape index (κ2) is 5.65. The number of amides is 1. The quantitative estimate of drug-likeness (QED) is 0.799. The van der Waals surface area contributed by atoms with Gasteiger partial charge >= 0.3 is 0 Å². The van der Waals surface area contributed by atoms with E-state index in [1.807, 2.05) is 12.1 Å². The Kier molecular flexibility index (Phi) is 4.14. The Balaban J connectivity index is 1.86. The van der Waals surface area contributed by atoms with E-state index < -0.39 is 5.41 Å². The molecular weight excluding hydrogens is 258 g/mol. The number of rotatable bonds is 5. The van der Waals surface area contributed by atoms with Crippen molar-refractivity contribution >= 4 is 23.1 Å². The Morgan fingerprint density at radius 3 is 2.68 bits per heavy atom. The van der Waals surface area contributed by atoms with Gasteiger partial charge in [0.2, 0.25) is 5.91 Å². The van der Waals surface area contributed by atoms with Crippen molar-refractivity contribution in [3.63, 3.8) is 0 Å². The summed E-state index contributed by atoms with van der Waals surface area (Å²) in [5, 5.41) is 2.95. The highest BCUT2D eigenvalue weighted by atomic mass is 32.1. The fourth-order valence-corrected chi connectivity index (χ4v) is 2.93. The van der Waals surface area contributed by atoms with Crippen LogP contribution in [-0.2, 0) is 11.2 Å². The number of carbonyl (C=O) groups excluding carboxylic acids is 1. The van der Waals surface area contributed by atoms with E-state index in [0.717, 1.165) is 24.8 Å². The maximum absolute atomic E-state index is 12.2. The van der Waals surface area contributed by atoms with Gasteiger partial charge in [0.05, 0.1) is 10.4 Å². The highest BCUT2D eigenvalue weighted by Gasteiger charge is 2.50. The summed E-state index contributed by atoms with van der Waals surface area (Å²) in [6, 6.07) is 3.89. The molecule has 0 aliphatic heterocycles. The van der Waals surface area contributed by atoms with Gasteiger partial charge in [-0.1, -0.05) is 19.1 Å². The third-order valence-corrected chi connectivity index (χ3v) is 4.14. The first-order valence-corrected chi connectivity index (χ1v) is 6.92. The lowest BCUT2D eigenvalue weighted by Crippen LogP contribution is -2.56.